The van der Waals surface area contributed by atoms with E-state index in [1.165, 1.54) is 6.92 Å². The summed E-state index contributed by atoms with van der Waals surface area (Å²) in [6.45, 7) is 1.35. The zero-order valence-electron chi connectivity index (χ0n) is 13.9. The van der Waals surface area contributed by atoms with Crippen molar-refractivity contribution in [2.24, 2.45) is 5.16 Å². The van der Waals surface area contributed by atoms with Crippen molar-refractivity contribution < 1.29 is 31.6 Å². The molecule has 1 aromatic carbocycles. The van der Waals surface area contributed by atoms with Crippen LogP contribution in [-0.4, -0.2) is 44.3 Å². The van der Waals surface area contributed by atoms with Crippen LogP contribution in [0.25, 0.3) is 0 Å². The molecule has 1 aromatic rings. The summed E-state index contributed by atoms with van der Waals surface area (Å²) < 4.78 is 44.1. The zero-order valence-corrected chi connectivity index (χ0v) is 14.7. The van der Waals surface area contributed by atoms with E-state index in [4.69, 9.17) is 9.57 Å². The largest absolute Gasteiger partial charge is 0.673 e. The fourth-order valence-electron chi connectivity index (χ4n) is 1.45. The molecule has 136 valence electrons. The second-order valence-electron chi connectivity index (χ2n) is 4.78. The third kappa shape index (κ3) is 12.8. The highest BCUT2D eigenvalue weighted by molar-refractivity contribution is 7.95. The Hall–Kier alpha value is -1.71. The summed E-state index contributed by atoms with van der Waals surface area (Å²) in [6.07, 6.45) is 5.14. The van der Waals surface area contributed by atoms with Crippen LogP contribution in [0.15, 0.2) is 29.4 Å². The van der Waals surface area contributed by atoms with Crippen molar-refractivity contribution in [2.75, 3.05) is 25.4 Å². The Bertz CT molecular complexity index is 530. The summed E-state index contributed by atoms with van der Waals surface area (Å²) in [5.41, 5.74) is 1.74. The van der Waals surface area contributed by atoms with Gasteiger partial charge in [0, 0.05) is 13.3 Å². The molecule has 0 radical (unpaired) electrons. The molecule has 0 bridgehead atoms. The van der Waals surface area contributed by atoms with Crippen LogP contribution in [0, 0.1) is 0 Å². The lowest BCUT2D eigenvalue weighted by Crippen LogP contribution is -2.11. The number of nitrogens with zero attached hydrogens (tertiary/aromatic N) is 1. The number of benzene rings is 1. The molecule has 0 aliphatic carbocycles. The molecule has 10 heteroatoms. The fourth-order valence-corrected chi connectivity index (χ4v) is 2.05. The average Bonchev–Trinajstić information content (AvgIpc) is 2.45. The Morgan fingerprint density at radius 2 is 1.67 bits per heavy atom. The third-order valence-corrected chi connectivity index (χ3v) is 3.48. The monoisotopic (exact) mass is 369 g/mol. The molecule has 0 aromatic heterocycles. The smallest absolute Gasteiger partial charge is 0.497 e. The third-order valence-electron chi connectivity index (χ3n) is 2.45. The summed E-state index contributed by atoms with van der Waals surface area (Å²) in [4.78, 5) is 15.6. The lowest BCUT2D eigenvalue weighted by atomic mass is 10.1. The van der Waals surface area contributed by atoms with Crippen molar-refractivity contribution in [3.8, 4) is 5.75 Å². The minimum atomic E-state index is -6.00. The van der Waals surface area contributed by atoms with Gasteiger partial charge in [0.15, 0.2) is 0 Å². The lowest BCUT2D eigenvalue weighted by Gasteiger charge is -2.06. The van der Waals surface area contributed by atoms with Crippen LogP contribution in [0.3, 0.4) is 0 Å². The van der Waals surface area contributed by atoms with Gasteiger partial charge in [-0.3, -0.25) is 0 Å². The van der Waals surface area contributed by atoms with Crippen molar-refractivity contribution in [3.63, 3.8) is 0 Å². The Labute approximate surface area is 141 Å². The van der Waals surface area contributed by atoms with Gasteiger partial charge in [0.2, 0.25) is 0 Å². The van der Waals surface area contributed by atoms with Crippen LogP contribution in [0.1, 0.15) is 18.9 Å². The van der Waals surface area contributed by atoms with Gasteiger partial charge in [-0.25, -0.2) is 4.79 Å². The zero-order chi connectivity index (χ0) is 18.8. The number of methoxy groups -OCH3 is 1. The molecule has 0 spiro atoms. The number of hydrogen-bond acceptors (Lipinski definition) is 4. The molecule has 0 N–H and O–H groups in total. The lowest BCUT2D eigenvalue weighted by molar-refractivity contribution is -0.140. The van der Waals surface area contributed by atoms with Gasteiger partial charge in [-0.05, 0) is 40.7 Å². The molecule has 24 heavy (non-hydrogen) atoms. The summed E-state index contributed by atoms with van der Waals surface area (Å²) in [5.74, 6) is 1.41. The first-order valence-electron chi connectivity index (χ1n) is 6.83. The number of ether oxygens (including phenoxy) is 1. The molecule has 0 unspecified atom stereocenters. The molecule has 0 aliphatic heterocycles. The first-order chi connectivity index (χ1) is 11.0. The van der Waals surface area contributed by atoms with Gasteiger partial charge >= 0.3 is 13.2 Å². The minimum absolute atomic E-state index is 0.324. The first-order valence-corrected chi connectivity index (χ1v) is 9.04. The van der Waals surface area contributed by atoms with Crippen molar-refractivity contribution >= 4 is 29.8 Å². The van der Waals surface area contributed by atoms with Crippen molar-refractivity contribution in [1.29, 1.82) is 0 Å². The number of oxime groups is 1. The van der Waals surface area contributed by atoms with Gasteiger partial charge in [-0.15, -0.1) is 0 Å². The van der Waals surface area contributed by atoms with Crippen LogP contribution in [-0.2, 0) is 20.5 Å². The second kappa shape index (κ2) is 11.0. The van der Waals surface area contributed by atoms with Crippen LogP contribution in [0.5, 0.6) is 5.75 Å². The van der Waals surface area contributed by atoms with Crippen LogP contribution >= 0.6 is 0 Å². The number of carbonyl (C=O) groups is 1. The summed E-state index contributed by atoms with van der Waals surface area (Å²) in [7, 11) is -4.05. The highest BCUT2D eigenvalue weighted by atomic mass is 32.2. The van der Waals surface area contributed by atoms with E-state index in [1.807, 2.05) is 24.3 Å². The molecule has 0 saturated heterocycles. The highest BCUT2D eigenvalue weighted by Gasteiger charge is 2.20. The normalized spacial score (nSPS) is 11.6. The molecule has 0 heterocycles. The predicted molar refractivity (Wildman–Crippen MR) is 90.2 cm³/mol. The minimum Gasteiger partial charge on any atom is -0.497 e. The van der Waals surface area contributed by atoms with E-state index in [1.54, 1.807) is 7.11 Å². The van der Waals surface area contributed by atoms with Crippen LogP contribution in [0.2, 0.25) is 0 Å². The quantitative estimate of drug-likeness (QED) is 0.193. The van der Waals surface area contributed by atoms with Gasteiger partial charge in [0.1, 0.15) is 11.5 Å². The van der Waals surface area contributed by atoms with Gasteiger partial charge in [0.05, 0.1) is 25.3 Å². The molecule has 0 aliphatic rings. The van der Waals surface area contributed by atoms with Gasteiger partial charge in [0.25, 0.3) is 0 Å². The number of halogens is 4. The molecule has 4 nitrogen and oxygen atoms in total. The second-order valence-corrected chi connectivity index (χ2v) is 7.16. The number of rotatable bonds is 6. The maximum atomic E-state index is 10.9. The van der Waals surface area contributed by atoms with E-state index >= 15 is 0 Å². The average molecular weight is 369 g/mol. The predicted octanol–water partition coefficient (Wildman–Crippen LogP) is 3.53. The summed E-state index contributed by atoms with van der Waals surface area (Å²) >= 11 is 0. The van der Waals surface area contributed by atoms with Gasteiger partial charge in [-0.1, -0.05) is 5.16 Å². The van der Waals surface area contributed by atoms with Gasteiger partial charge < -0.3 is 26.8 Å². The molecule has 1 rings (SSSR count). The van der Waals surface area contributed by atoms with Crippen molar-refractivity contribution in [2.45, 2.75) is 13.3 Å². The first kappa shape index (κ1) is 22.3. The van der Waals surface area contributed by atoms with Crippen molar-refractivity contribution in [3.05, 3.63) is 29.8 Å². The van der Waals surface area contributed by atoms with E-state index < -0.39 is 13.2 Å². The number of hydrogen-bond donors (Lipinski definition) is 0. The number of carbonyl (C=O) groups excluding carboxylic acids is 1. The molecule has 0 atom stereocenters. The molecular weight excluding hydrogens is 349 g/mol. The molecule has 0 amide bonds. The highest BCUT2D eigenvalue weighted by Crippen LogP contribution is 2.14. The maximum absolute atomic E-state index is 10.9. The molecule has 0 saturated carbocycles. The van der Waals surface area contributed by atoms with Gasteiger partial charge in [-0.2, -0.15) is 0 Å². The molecular formula is C14H20BF4NO3S. The summed E-state index contributed by atoms with van der Waals surface area (Å²) in [6, 6.07) is 7.59. The topological polar surface area (TPSA) is 47.9 Å². The molecule has 0 fully saturated rings. The fraction of sp³-hybridized carbons (Fsp3) is 0.429. The Morgan fingerprint density at radius 1 is 1.17 bits per heavy atom. The standard InChI is InChI=1S/C14H20NO3S.BF4/c1-11(16)18-15-14(9-10-19(3)4)12-5-7-13(17-2)8-6-12;2-1(3,4)5/h5-8H,9-10H2,1-4H3;/q+1;-1. The van der Waals surface area contributed by atoms with E-state index in [9.17, 15) is 22.1 Å². The van der Waals surface area contributed by atoms with E-state index in [0.29, 0.717) is 10.9 Å². The Balaban J connectivity index is 0.000000922. The Kier molecular flexibility index (Phi) is 10.2. The van der Waals surface area contributed by atoms with E-state index in [-0.39, 0.29) is 0 Å². The van der Waals surface area contributed by atoms with Crippen LogP contribution in [0.4, 0.5) is 17.3 Å². The van der Waals surface area contributed by atoms with E-state index in [2.05, 4.69) is 17.7 Å². The maximum Gasteiger partial charge on any atom is 0.673 e. The van der Waals surface area contributed by atoms with Crippen LogP contribution < -0.4 is 4.74 Å². The SMILES string of the molecule is COc1ccc(C(CC[S+](C)C)=NOC(C)=O)cc1.F[B-](F)(F)F. The Morgan fingerprint density at radius 3 is 2.04 bits per heavy atom. The van der Waals surface area contributed by atoms with Crippen molar-refractivity contribution in [1.82, 2.24) is 0 Å². The summed E-state index contributed by atoms with van der Waals surface area (Å²) in [5, 5.41) is 3.95. The van der Waals surface area contributed by atoms with E-state index in [0.717, 1.165) is 29.2 Å².